The van der Waals surface area contributed by atoms with Gasteiger partial charge in [-0.25, -0.2) is 0 Å². The fraction of sp³-hybridized carbons (Fsp3) is 0.714. The minimum absolute atomic E-state index is 0.376. The largest absolute Gasteiger partial charge is 0.390 e. The van der Waals surface area contributed by atoms with Crippen molar-refractivity contribution in [3.63, 3.8) is 0 Å². The second kappa shape index (κ2) is 15.9. The molecule has 3 unspecified atom stereocenters. The van der Waals surface area contributed by atoms with Crippen molar-refractivity contribution in [1.29, 1.82) is 0 Å². The van der Waals surface area contributed by atoms with E-state index in [1.807, 2.05) is 18.2 Å². The first-order chi connectivity index (χ1) is 14.6. The van der Waals surface area contributed by atoms with E-state index < -0.39 is 0 Å². The van der Waals surface area contributed by atoms with Gasteiger partial charge in [0.05, 0.1) is 6.10 Å². The van der Waals surface area contributed by atoms with E-state index in [0.717, 1.165) is 71.5 Å². The summed E-state index contributed by atoms with van der Waals surface area (Å²) in [5, 5.41) is 10.6. The van der Waals surface area contributed by atoms with Crippen LogP contribution >= 0.6 is 30.4 Å². The zero-order chi connectivity index (χ0) is 21.6. The maximum Gasteiger partial charge on any atom is 0.0800 e. The van der Waals surface area contributed by atoms with E-state index in [4.69, 9.17) is 0 Å². The molecule has 0 saturated carbocycles. The zero-order valence-corrected chi connectivity index (χ0v) is 21.6. The molecule has 0 aliphatic carbocycles. The minimum atomic E-state index is -0.376. The van der Waals surface area contributed by atoms with Crippen molar-refractivity contribution in [2.45, 2.75) is 17.9 Å². The first kappa shape index (κ1) is 26.4. The van der Waals surface area contributed by atoms with Crippen LogP contribution in [0.25, 0.3) is 0 Å². The highest BCUT2D eigenvalue weighted by atomic mass is 32.2. The van der Waals surface area contributed by atoms with Gasteiger partial charge in [0.1, 0.15) is 0 Å². The first-order valence-corrected chi connectivity index (χ1v) is 13.5. The molecule has 2 N–H and O–H groups in total. The molecule has 0 amide bonds. The van der Waals surface area contributed by atoms with Gasteiger partial charge in [-0.2, -0.15) is 0 Å². The van der Waals surface area contributed by atoms with Crippen LogP contribution in [0, 0.1) is 0 Å². The minimum Gasteiger partial charge on any atom is -0.390 e. The fourth-order valence-corrected chi connectivity index (χ4v) is 4.98. The monoisotopic (exact) mass is 473 g/mol. The van der Waals surface area contributed by atoms with Gasteiger partial charge >= 0.3 is 0 Å². The summed E-state index contributed by atoms with van der Waals surface area (Å²) in [6.45, 7) is 13.2. The second-order valence-corrected chi connectivity index (χ2v) is 9.45. The molecule has 1 aliphatic rings. The smallest absolute Gasteiger partial charge is 0.0800 e. The SMILES string of the molecule is CCN1CCN(CP)CCN(CC(O)CNSc2ccccc2)CCN(CP)CC1. The first-order valence-electron chi connectivity index (χ1n) is 11.1. The molecule has 3 atom stereocenters. The Balaban J connectivity index is 1.85. The van der Waals surface area contributed by atoms with Gasteiger partial charge in [-0.15, -0.1) is 18.5 Å². The molecule has 0 bridgehead atoms. The van der Waals surface area contributed by atoms with E-state index in [1.54, 1.807) is 11.9 Å². The Hall–Kier alpha value is 0.190. The van der Waals surface area contributed by atoms with Crippen molar-refractivity contribution >= 4 is 30.4 Å². The third-order valence-corrected chi connectivity index (χ3v) is 7.47. The average Bonchev–Trinajstić information content (AvgIpc) is 2.76. The third-order valence-electron chi connectivity index (χ3n) is 5.61. The van der Waals surface area contributed by atoms with Gasteiger partial charge in [-0.3, -0.25) is 19.4 Å². The van der Waals surface area contributed by atoms with Crippen molar-refractivity contribution in [3.05, 3.63) is 30.3 Å². The van der Waals surface area contributed by atoms with Crippen molar-refractivity contribution in [2.24, 2.45) is 0 Å². The number of aliphatic hydroxyl groups is 1. The molecule has 1 aromatic carbocycles. The summed E-state index contributed by atoms with van der Waals surface area (Å²) in [5.74, 6) is 0. The Kier molecular flexibility index (Phi) is 14.0. The van der Waals surface area contributed by atoms with Gasteiger partial charge in [0, 0.05) is 82.9 Å². The van der Waals surface area contributed by atoms with Crippen LogP contribution in [-0.4, -0.2) is 115 Å². The van der Waals surface area contributed by atoms with E-state index in [-0.39, 0.29) is 6.10 Å². The van der Waals surface area contributed by atoms with Crippen LogP contribution in [0.1, 0.15) is 6.92 Å². The highest BCUT2D eigenvalue weighted by Gasteiger charge is 2.17. The highest BCUT2D eigenvalue weighted by molar-refractivity contribution is 7.97. The summed E-state index contributed by atoms with van der Waals surface area (Å²) in [7, 11) is 5.75. The van der Waals surface area contributed by atoms with Crippen LogP contribution in [0.5, 0.6) is 0 Å². The number of benzene rings is 1. The summed E-state index contributed by atoms with van der Waals surface area (Å²) in [6, 6.07) is 10.2. The Morgan fingerprint density at radius 3 is 1.87 bits per heavy atom. The molecule has 0 spiro atoms. The van der Waals surface area contributed by atoms with Crippen molar-refractivity contribution in [2.75, 3.05) is 84.6 Å². The summed E-state index contributed by atoms with van der Waals surface area (Å²) < 4.78 is 3.32. The molecule has 30 heavy (non-hydrogen) atoms. The van der Waals surface area contributed by atoms with E-state index >= 15 is 0 Å². The molecule has 0 radical (unpaired) electrons. The average molecular weight is 474 g/mol. The molecular weight excluding hydrogens is 432 g/mol. The molecule has 1 aromatic rings. The second-order valence-electron chi connectivity index (χ2n) is 7.75. The van der Waals surface area contributed by atoms with Crippen LogP contribution in [-0.2, 0) is 0 Å². The molecule has 1 aliphatic heterocycles. The van der Waals surface area contributed by atoms with Crippen LogP contribution in [0.2, 0.25) is 0 Å². The van der Waals surface area contributed by atoms with E-state index in [0.29, 0.717) is 13.1 Å². The predicted molar refractivity (Wildman–Crippen MR) is 137 cm³/mol. The molecular formula is C21H41N5OP2S. The molecule has 6 nitrogen and oxygen atoms in total. The molecule has 1 heterocycles. The maximum absolute atomic E-state index is 10.6. The lowest BCUT2D eigenvalue weighted by Gasteiger charge is -2.34. The van der Waals surface area contributed by atoms with Gasteiger partial charge in [0.15, 0.2) is 0 Å². The van der Waals surface area contributed by atoms with Crippen LogP contribution in [0.4, 0.5) is 0 Å². The van der Waals surface area contributed by atoms with Gasteiger partial charge < -0.3 is 10.0 Å². The molecule has 2 rings (SSSR count). The van der Waals surface area contributed by atoms with E-state index in [9.17, 15) is 5.11 Å². The van der Waals surface area contributed by atoms with E-state index in [2.05, 4.69) is 61.9 Å². The Morgan fingerprint density at radius 2 is 1.37 bits per heavy atom. The fourth-order valence-electron chi connectivity index (χ4n) is 3.51. The van der Waals surface area contributed by atoms with Crippen molar-refractivity contribution in [3.8, 4) is 0 Å². The van der Waals surface area contributed by atoms with E-state index in [1.165, 1.54) is 4.90 Å². The van der Waals surface area contributed by atoms with Gasteiger partial charge in [0.2, 0.25) is 0 Å². The number of β-amino-alcohol motifs (C(OH)–C–C–N with tert-alkyl or cyclic N) is 1. The number of hydrogen-bond donors (Lipinski definition) is 2. The number of rotatable bonds is 9. The molecule has 0 aromatic heterocycles. The maximum atomic E-state index is 10.6. The van der Waals surface area contributed by atoms with Crippen LogP contribution < -0.4 is 4.72 Å². The lowest BCUT2D eigenvalue weighted by Crippen LogP contribution is -2.47. The standard InChI is InChI=1S/C21H41N5OP2S/c1-2-23-8-12-25(18-28)14-10-24(11-15-26(19-29)13-9-23)17-20(27)16-22-30-21-6-4-3-5-7-21/h3-7,20,22,27H,2,8-19,28-29H2,1H3. The summed E-state index contributed by atoms with van der Waals surface area (Å²) >= 11 is 1.58. The lowest BCUT2D eigenvalue weighted by molar-refractivity contribution is 0.0952. The summed E-state index contributed by atoms with van der Waals surface area (Å²) in [4.78, 5) is 11.2. The van der Waals surface area contributed by atoms with Gasteiger partial charge in [-0.05, 0) is 30.6 Å². The Morgan fingerprint density at radius 1 is 0.867 bits per heavy atom. The van der Waals surface area contributed by atoms with Crippen LogP contribution in [0.15, 0.2) is 35.2 Å². The number of nitrogens with zero attached hydrogens (tertiary/aromatic N) is 4. The van der Waals surface area contributed by atoms with Gasteiger partial charge in [-0.1, -0.05) is 25.1 Å². The third kappa shape index (κ3) is 10.7. The van der Waals surface area contributed by atoms with Crippen molar-refractivity contribution in [1.82, 2.24) is 24.3 Å². The number of likely N-dealkylation sites (N-methyl/N-ethyl adjacent to an activating group) is 1. The predicted octanol–water partition coefficient (Wildman–Crippen LogP) is 1.55. The number of aliphatic hydroxyl groups excluding tert-OH is 1. The normalized spacial score (nSPS) is 20.5. The van der Waals surface area contributed by atoms with Crippen LogP contribution in [0.3, 0.4) is 0 Å². The zero-order valence-electron chi connectivity index (χ0n) is 18.5. The highest BCUT2D eigenvalue weighted by Crippen LogP contribution is 2.13. The Labute approximate surface area is 192 Å². The van der Waals surface area contributed by atoms with Crippen molar-refractivity contribution < 1.29 is 5.11 Å². The topological polar surface area (TPSA) is 45.2 Å². The number of nitrogens with one attached hydrogen (secondary N) is 1. The Bertz CT molecular complexity index is 539. The lowest BCUT2D eigenvalue weighted by atomic mass is 10.3. The molecule has 9 heteroatoms. The molecule has 1 saturated heterocycles. The summed E-state index contributed by atoms with van der Waals surface area (Å²) in [6.07, 6.45) is 1.63. The molecule has 1 fully saturated rings. The van der Waals surface area contributed by atoms with Gasteiger partial charge in [0.25, 0.3) is 0 Å². The quantitative estimate of drug-likeness (QED) is 0.417. The molecule has 172 valence electrons. The summed E-state index contributed by atoms with van der Waals surface area (Å²) in [5.41, 5.74) is 0. The number of hydrogen-bond acceptors (Lipinski definition) is 7.